The molecule has 21 heavy (non-hydrogen) atoms. The molecule has 1 aliphatic heterocycles. The molecule has 0 radical (unpaired) electrons. The lowest BCUT2D eigenvalue weighted by Gasteiger charge is -2.19. The fourth-order valence-electron chi connectivity index (χ4n) is 2.60. The summed E-state index contributed by atoms with van der Waals surface area (Å²) in [6.07, 6.45) is 10.6. The van der Waals surface area contributed by atoms with E-state index in [2.05, 4.69) is 29.7 Å². The lowest BCUT2D eigenvalue weighted by atomic mass is 10.3. The van der Waals surface area contributed by atoms with Gasteiger partial charge in [-0.1, -0.05) is 0 Å². The summed E-state index contributed by atoms with van der Waals surface area (Å²) in [6.45, 7) is 3.80. The molecule has 3 N–H and O–H groups in total. The highest BCUT2D eigenvalue weighted by Crippen LogP contribution is 2.28. The molecule has 0 bridgehead atoms. The Balaban J connectivity index is 1.56. The van der Waals surface area contributed by atoms with E-state index >= 15 is 0 Å². The number of aromatic nitrogens is 4. The Bertz CT molecular complexity index is 561. The molecular formula is C14H21N7. The Kier molecular flexibility index (Phi) is 4.18. The molecule has 0 amide bonds. The van der Waals surface area contributed by atoms with Crippen molar-refractivity contribution in [2.24, 2.45) is 0 Å². The van der Waals surface area contributed by atoms with Crippen molar-refractivity contribution in [3.63, 3.8) is 0 Å². The van der Waals surface area contributed by atoms with Gasteiger partial charge in [0.2, 0.25) is 0 Å². The first-order valence-corrected chi connectivity index (χ1v) is 7.39. The molecule has 0 unspecified atom stereocenters. The van der Waals surface area contributed by atoms with Crippen LogP contribution < -0.4 is 16.0 Å². The minimum Gasteiger partial charge on any atom is -0.393 e. The number of hydrogen-bond acceptors (Lipinski definition) is 6. The second-order valence-corrected chi connectivity index (χ2v) is 5.23. The van der Waals surface area contributed by atoms with E-state index in [4.69, 9.17) is 5.73 Å². The van der Waals surface area contributed by atoms with Gasteiger partial charge < -0.3 is 20.5 Å². The number of nitrogen functional groups attached to an aromatic ring is 1. The van der Waals surface area contributed by atoms with E-state index in [0.29, 0.717) is 5.69 Å². The number of aryl methyl sites for hydroxylation is 1. The molecule has 2 aromatic rings. The van der Waals surface area contributed by atoms with E-state index in [1.165, 1.54) is 12.8 Å². The van der Waals surface area contributed by atoms with Gasteiger partial charge in [0, 0.05) is 38.6 Å². The minimum atomic E-state index is 0.655. The molecule has 7 heteroatoms. The van der Waals surface area contributed by atoms with Crippen molar-refractivity contribution < 1.29 is 0 Å². The quantitative estimate of drug-likeness (QED) is 0.780. The van der Waals surface area contributed by atoms with Crippen molar-refractivity contribution in [3.05, 3.63) is 25.0 Å². The molecule has 1 fully saturated rings. The summed E-state index contributed by atoms with van der Waals surface area (Å²) in [5.41, 5.74) is 6.85. The van der Waals surface area contributed by atoms with Crippen LogP contribution in [0.5, 0.6) is 0 Å². The second-order valence-electron chi connectivity index (χ2n) is 5.23. The van der Waals surface area contributed by atoms with E-state index in [1.54, 1.807) is 12.5 Å². The summed E-state index contributed by atoms with van der Waals surface area (Å²) in [4.78, 5) is 14.8. The van der Waals surface area contributed by atoms with Crippen molar-refractivity contribution in [2.75, 3.05) is 35.6 Å². The Morgan fingerprint density at radius 1 is 1.24 bits per heavy atom. The van der Waals surface area contributed by atoms with Gasteiger partial charge in [-0.3, -0.25) is 0 Å². The van der Waals surface area contributed by atoms with Crippen LogP contribution in [-0.4, -0.2) is 39.2 Å². The molecule has 112 valence electrons. The first kappa shape index (κ1) is 13.7. The van der Waals surface area contributed by atoms with E-state index in [1.807, 2.05) is 12.5 Å². The third-order valence-electron chi connectivity index (χ3n) is 3.71. The number of rotatable bonds is 6. The SMILES string of the molecule is Nc1c(NCCCn2ccnc2)ncnc1N1CCCC1. The molecule has 0 aliphatic carbocycles. The molecule has 3 heterocycles. The monoisotopic (exact) mass is 287 g/mol. The van der Waals surface area contributed by atoms with Gasteiger partial charge in [-0.15, -0.1) is 0 Å². The summed E-state index contributed by atoms with van der Waals surface area (Å²) >= 11 is 0. The summed E-state index contributed by atoms with van der Waals surface area (Å²) in [5.74, 6) is 1.59. The van der Waals surface area contributed by atoms with Crippen LogP contribution in [0.25, 0.3) is 0 Å². The Morgan fingerprint density at radius 3 is 2.86 bits per heavy atom. The molecule has 0 spiro atoms. The van der Waals surface area contributed by atoms with Crippen LogP contribution >= 0.6 is 0 Å². The fourth-order valence-corrected chi connectivity index (χ4v) is 2.60. The molecule has 1 saturated heterocycles. The maximum Gasteiger partial charge on any atom is 0.157 e. The minimum absolute atomic E-state index is 0.655. The normalized spacial score (nSPS) is 14.6. The predicted octanol–water partition coefficient (Wildman–Crippen LogP) is 1.36. The number of anilines is 3. The van der Waals surface area contributed by atoms with Crippen LogP contribution in [0.1, 0.15) is 19.3 Å². The predicted molar refractivity (Wildman–Crippen MR) is 83.2 cm³/mol. The number of imidazole rings is 1. The van der Waals surface area contributed by atoms with Crippen LogP contribution in [0.4, 0.5) is 17.3 Å². The Labute approximate surface area is 124 Å². The van der Waals surface area contributed by atoms with Gasteiger partial charge in [-0.2, -0.15) is 0 Å². The van der Waals surface area contributed by atoms with Gasteiger partial charge in [0.25, 0.3) is 0 Å². The number of hydrogen-bond donors (Lipinski definition) is 2. The summed E-state index contributed by atoms with van der Waals surface area (Å²) in [5, 5.41) is 3.30. The van der Waals surface area contributed by atoms with Crippen LogP contribution in [-0.2, 0) is 6.54 Å². The number of nitrogens with zero attached hydrogens (tertiary/aromatic N) is 5. The van der Waals surface area contributed by atoms with Crippen LogP contribution in [0.3, 0.4) is 0 Å². The topological polar surface area (TPSA) is 84.9 Å². The smallest absolute Gasteiger partial charge is 0.157 e. The molecule has 1 aliphatic rings. The van der Waals surface area contributed by atoms with Gasteiger partial charge in [0.1, 0.15) is 12.0 Å². The third kappa shape index (κ3) is 3.24. The molecule has 0 atom stereocenters. The highest BCUT2D eigenvalue weighted by atomic mass is 15.2. The zero-order valence-corrected chi connectivity index (χ0v) is 12.1. The van der Waals surface area contributed by atoms with E-state index in [-0.39, 0.29) is 0 Å². The number of nitrogens with two attached hydrogens (primary N) is 1. The lowest BCUT2D eigenvalue weighted by Crippen LogP contribution is -2.21. The molecular weight excluding hydrogens is 266 g/mol. The number of nitrogens with one attached hydrogen (secondary N) is 1. The molecule has 0 saturated carbocycles. The second kappa shape index (κ2) is 6.43. The van der Waals surface area contributed by atoms with E-state index in [9.17, 15) is 0 Å². The highest BCUT2D eigenvalue weighted by Gasteiger charge is 2.18. The Morgan fingerprint density at radius 2 is 2.10 bits per heavy atom. The van der Waals surface area contributed by atoms with Gasteiger partial charge in [-0.05, 0) is 19.3 Å². The largest absolute Gasteiger partial charge is 0.393 e. The van der Waals surface area contributed by atoms with Crippen LogP contribution in [0.15, 0.2) is 25.0 Å². The van der Waals surface area contributed by atoms with Crippen molar-refractivity contribution in [1.29, 1.82) is 0 Å². The average molecular weight is 287 g/mol. The summed E-state index contributed by atoms with van der Waals surface area (Å²) < 4.78 is 2.06. The molecule has 3 rings (SSSR count). The zero-order chi connectivity index (χ0) is 14.5. The maximum atomic E-state index is 6.20. The zero-order valence-electron chi connectivity index (χ0n) is 12.1. The van der Waals surface area contributed by atoms with Crippen LogP contribution in [0.2, 0.25) is 0 Å². The fraction of sp³-hybridized carbons (Fsp3) is 0.500. The van der Waals surface area contributed by atoms with E-state index in [0.717, 1.165) is 44.2 Å². The van der Waals surface area contributed by atoms with Crippen molar-refractivity contribution in [1.82, 2.24) is 19.5 Å². The van der Waals surface area contributed by atoms with Crippen LogP contribution in [0, 0.1) is 0 Å². The van der Waals surface area contributed by atoms with Gasteiger partial charge >= 0.3 is 0 Å². The van der Waals surface area contributed by atoms with Crippen molar-refractivity contribution in [2.45, 2.75) is 25.8 Å². The van der Waals surface area contributed by atoms with Gasteiger partial charge in [0.15, 0.2) is 11.6 Å². The average Bonchev–Trinajstić information content (AvgIpc) is 3.18. The Hall–Kier alpha value is -2.31. The van der Waals surface area contributed by atoms with Crippen molar-refractivity contribution >= 4 is 17.3 Å². The summed E-state index contributed by atoms with van der Waals surface area (Å²) in [7, 11) is 0. The maximum absolute atomic E-state index is 6.20. The first-order valence-electron chi connectivity index (χ1n) is 7.39. The third-order valence-corrected chi connectivity index (χ3v) is 3.71. The van der Waals surface area contributed by atoms with E-state index < -0.39 is 0 Å². The molecule has 0 aromatic carbocycles. The first-order chi connectivity index (χ1) is 10.3. The van der Waals surface area contributed by atoms with Gasteiger partial charge in [-0.25, -0.2) is 15.0 Å². The standard InChI is InChI=1S/C14H21N7/c15-12-13(17-4-3-6-20-9-5-16-11-20)18-10-19-14(12)21-7-1-2-8-21/h5,9-11H,1-4,6-8,15H2,(H,17,18,19). The lowest BCUT2D eigenvalue weighted by molar-refractivity contribution is 0.660. The molecule has 7 nitrogen and oxygen atoms in total. The molecule has 2 aromatic heterocycles. The summed E-state index contributed by atoms with van der Waals surface area (Å²) in [6, 6.07) is 0. The van der Waals surface area contributed by atoms with Gasteiger partial charge in [0.05, 0.1) is 6.33 Å². The highest BCUT2D eigenvalue weighted by molar-refractivity contribution is 5.75. The van der Waals surface area contributed by atoms with Crippen molar-refractivity contribution in [3.8, 4) is 0 Å².